The van der Waals surface area contributed by atoms with Crippen molar-refractivity contribution in [1.29, 1.82) is 0 Å². The SMILES string of the molecule is CCOC(CN)CCn1c(=O)cnc2ccccc21. The van der Waals surface area contributed by atoms with E-state index in [0.717, 1.165) is 17.5 Å². The maximum Gasteiger partial charge on any atom is 0.269 e. The number of hydrogen-bond donors (Lipinski definition) is 1. The second-order valence-electron chi connectivity index (χ2n) is 4.34. The molecule has 1 aromatic heterocycles. The molecule has 0 saturated heterocycles. The maximum atomic E-state index is 11.9. The lowest BCUT2D eigenvalue weighted by Gasteiger charge is -2.16. The summed E-state index contributed by atoms with van der Waals surface area (Å²) in [5.41, 5.74) is 7.23. The molecule has 0 aliphatic rings. The lowest BCUT2D eigenvalue weighted by atomic mass is 10.2. The highest BCUT2D eigenvalue weighted by Crippen LogP contribution is 2.09. The van der Waals surface area contributed by atoms with Gasteiger partial charge in [0.1, 0.15) is 0 Å². The van der Waals surface area contributed by atoms with Crippen LogP contribution in [0.4, 0.5) is 0 Å². The average molecular weight is 261 g/mol. The summed E-state index contributed by atoms with van der Waals surface area (Å²) in [6, 6.07) is 7.62. The highest BCUT2D eigenvalue weighted by atomic mass is 16.5. The Balaban J connectivity index is 2.24. The number of fused-ring (bicyclic) bond motifs is 1. The first-order chi connectivity index (χ1) is 9.26. The minimum absolute atomic E-state index is 0.0103. The number of aromatic nitrogens is 2. The summed E-state index contributed by atoms with van der Waals surface area (Å²) in [5, 5.41) is 0. The molecule has 0 aliphatic heterocycles. The summed E-state index contributed by atoms with van der Waals surface area (Å²) >= 11 is 0. The van der Waals surface area contributed by atoms with E-state index in [1.54, 1.807) is 4.57 Å². The molecule has 1 aromatic carbocycles. The fourth-order valence-corrected chi connectivity index (χ4v) is 2.12. The van der Waals surface area contributed by atoms with E-state index >= 15 is 0 Å². The number of para-hydroxylation sites is 2. The van der Waals surface area contributed by atoms with Gasteiger partial charge in [0, 0.05) is 19.7 Å². The van der Waals surface area contributed by atoms with Crippen molar-refractivity contribution in [1.82, 2.24) is 9.55 Å². The molecular weight excluding hydrogens is 242 g/mol. The van der Waals surface area contributed by atoms with Crippen LogP contribution in [0.5, 0.6) is 0 Å². The number of aryl methyl sites for hydroxylation is 1. The van der Waals surface area contributed by atoms with E-state index in [-0.39, 0.29) is 11.7 Å². The first kappa shape index (κ1) is 13.7. The highest BCUT2D eigenvalue weighted by Gasteiger charge is 2.09. The van der Waals surface area contributed by atoms with Gasteiger partial charge in [0.05, 0.1) is 23.3 Å². The van der Waals surface area contributed by atoms with Gasteiger partial charge in [-0.15, -0.1) is 0 Å². The highest BCUT2D eigenvalue weighted by molar-refractivity contribution is 5.74. The van der Waals surface area contributed by atoms with Crippen LogP contribution in [0.1, 0.15) is 13.3 Å². The molecule has 102 valence electrons. The summed E-state index contributed by atoms with van der Waals surface area (Å²) in [5.74, 6) is 0. The molecule has 0 spiro atoms. The van der Waals surface area contributed by atoms with Gasteiger partial charge in [0.2, 0.25) is 0 Å². The third kappa shape index (κ3) is 3.19. The predicted molar refractivity (Wildman–Crippen MR) is 75.1 cm³/mol. The molecule has 2 N–H and O–H groups in total. The Morgan fingerprint density at radius 3 is 2.95 bits per heavy atom. The monoisotopic (exact) mass is 261 g/mol. The zero-order valence-corrected chi connectivity index (χ0v) is 11.1. The Labute approximate surface area is 112 Å². The molecular formula is C14H19N3O2. The second-order valence-corrected chi connectivity index (χ2v) is 4.34. The van der Waals surface area contributed by atoms with Crippen molar-refractivity contribution in [3.8, 4) is 0 Å². The van der Waals surface area contributed by atoms with Crippen LogP contribution in [-0.2, 0) is 11.3 Å². The van der Waals surface area contributed by atoms with Crippen LogP contribution < -0.4 is 11.3 Å². The van der Waals surface area contributed by atoms with E-state index in [1.165, 1.54) is 6.20 Å². The van der Waals surface area contributed by atoms with Crippen molar-refractivity contribution in [2.24, 2.45) is 5.73 Å². The molecule has 2 aromatic rings. The number of hydrogen-bond acceptors (Lipinski definition) is 4. The molecule has 19 heavy (non-hydrogen) atoms. The van der Waals surface area contributed by atoms with Crippen molar-refractivity contribution < 1.29 is 4.74 Å². The Morgan fingerprint density at radius 2 is 2.21 bits per heavy atom. The zero-order chi connectivity index (χ0) is 13.7. The topological polar surface area (TPSA) is 70.1 Å². The molecule has 0 saturated carbocycles. The largest absolute Gasteiger partial charge is 0.377 e. The third-order valence-electron chi connectivity index (χ3n) is 3.09. The van der Waals surface area contributed by atoms with Gasteiger partial charge < -0.3 is 15.0 Å². The number of benzene rings is 1. The van der Waals surface area contributed by atoms with Crippen LogP contribution in [0, 0.1) is 0 Å². The van der Waals surface area contributed by atoms with Gasteiger partial charge in [-0.2, -0.15) is 0 Å². The maximum absolute atomic E-state index is 11.9. The van der Waals surface area contributed by atoms with Crippen molar-refractivity contribution in [2.45, 2.75) is 26.0 Å². The average Bonchev–Trinajstić information content (AvgIpc) is 2.45. The first-order valence-corrected chi connectivity index (χ1v) is 6.52. The predicted octanol–water partition coefficient (Wildman–Crippen LogP) is 1.15. The summed E-state index contributed by atoms with van der Waals surface area (Å²) < 4.78 is 7.24. The summed E-state index contributed by atoms with van der Waals surface area (Å²) in [6.07, 6.45) is 2.07. The molecule has 1 heterocycles. The Morgan fingerprint density at radius 1 is 1.42 bits per heavy atom. The van der Waals surface area contributed by atoms with Gasteiger partial charge in [-0.25, -0.2) is 4.98 Å². The normalized spacial score (nSPS) is 12.7. The number of nitrogens with zero attached hydrogens (tertiary/aromatic N) is 2. The fourth-order valence-electron chi connectivity index (χ4n) is 2.12. The fraction of sp³-hybridized carbons (Fsp3) is 0.429. The van der Waals surface area contributed by atoms with E-state index in [0.29, 0.717) is 19.7 Å². The van der Waals surface area contributed by atoms with Gasteiger partial charge in [-0.05, 0) is 25.5 Å². The number of rotatable bonds is 6. The molecule has 0 aliphatic carbocycles. The van der Waals surface area contributed by atoms with Gasteiger partial charge in [0.25, 0.3) is 5.56 Å². The molecule has 5 nitrogen and oxygen atoms in total. The number of nitrogens with two attached hydrogens (primary N) is 1. The summed E-state index contributed by atoms with van der Waals surface area (Å²) in [6.45, 7) is 3.62. The van der Waals surface area contributed by atoms with Crippen LogP contribution >= 0.6 is 0 Å². The van der Waals surface area contributed by atoms with Gasteiger partial charge >= 0.3 is 0 Å². The summed E-state index contributed by atoms with van der Waals surface area (Å²) in [7, 11) is 0. The van der Waals surface area contributed by atoms with Crippen molar-refractivity contribution in [3.63, 3.8) is 0 Å². The van der Waals surface area contributed by atoms with Crippen LogP contribution in [0.3, 0.4) is 0 Å². The third-order valence-corrected chi connectivity index (χ3v) is 3.09. The minimum Gasteiger partial charge on any atom is -0.377 e. The molecule has 0 bridgehead atoms. The first-order valence-electron chi connectivity index (χ1n) is 6.52. The van der Waals surface area contributed by atoms with E-state index in [2.05, 4.69) is 4.98 Å². The van der Waals surface area contributed by atoms with Crippen molar-refractivity contribution >= 4 is 11.0 Å². The lowest BCUT2D eigenvalue weighted by molar-refractivity contribution is 0.0599. The van der Waals surface area contributed by atoms with Crippen LogP contribution in [-0.4, -0.2) is 28.8 Å². The van der Waals surface area contributed by atoms with Gasteiger partial charge in [-0.3, -0.25) is 4.79 Å². The summed E-state index contributed by atoms with van der Waals surface area (Å²) in [4.78, 5) is 16.1. The van der Waals surface area contributed by atoms with E-state index in [4.69, 9.17) is 10.5 Å². The molecule has 2 rings (SSSR count). The molecule has 0 amide bonds. The molecule has 1 atom stereocenters. The van der Waals surface area contributed by atoms with Crippen LogP contribution in [0.15, 0.2) is 35.3 Å². The Hall–Kier alpha value is -1.72. The molecule has 5 heteroatoms. The van der Waals surface area contributed by atoms with E-state index in [9.17, 15) is 4.79 Å². The van der Waals surface area contributed by atoms with Crippen molar-refractivity contribution in [3.05, 3.63) is 40.8 Å². The minimum atomic E-state index is -0.0917. The van der Waals surface area contributed by atoms with Crippen molar-refractivity contribution in [2.75, 3.05) is 13.2 Å². The van der Waals surface area contributed by atoms with E-state index in [1.807, 2.05) is 31.2 Å². The molecule has 1 unspecified atom stereocenters. The Kier molecular flexibility index (Phi) is 4.65. The second kappa shape index (κ2) is 6.45. The zero-order valence-electron chi connectivity index (χ0n) is 11.1. The molecule has 0 radical (unpaired) electrons. The van der Waals surface area contributed by atoms with Gasteiger partial charge in [0.15, 0.2) is 0 Å². The quantitative estimate of drug-likeness (QED) is 0.847. The lowest BCUT2D eigenvalue weighted by Crippen LogP contribution is -2.28. The standard InChI is InChI=1S/C14H19N3O2/c1-2-19-11(9-15)7-8-17-13-6-4-3-5-12(13)16-10-14(17)18/h3-6,10-11H,2,7-9,15H2,1H3. The van der Waals surface area contributed by atoms with E-state index < -0.39 is 0 Å². The number of ether oxygens (including phenoxy) is 1. The van der Waals surface area contributed by atoms with Crippen LogP contribution in [0.25, 0.3) is 11.0 Å². The smallest absolute Gasteiger partial charge is 0.269 e. The van der Waals surface area contributed by atoms with Gasteiger partial charge in [-0.1, -0.05) is 12.1 Å². The van der Waals surface area contributed by atoms with Crippen LogP contribution in [0.2, 0.25) is 0 Å². The molecule has 0 fully saturated rings. The Bertz CT molecular complexity index is 595.